The molecule has 0 radical (unpaired) electrons. The Morgan fingerprint density at radius 3 is 2.43 bits per heavy atom. The number of hydrogen-bond donors (Lipinski definition) is 1. The first-order valence-electron chi connectivity index (χ1n) is 4.33. The molecule has 0 atom stereocenters. The minimum Gasteiger partial charge on any atom is -0.478 e. The van der Waals surface area contributed by atoms with Crippen LogP contribution in [0, 0.1) is 0 Å². The van der Waals surface area contributed by atoms with Crippen molar-refractivity contribution in [1.29, 1.82) is 0 Å². The highest BCUT2D eigenvalue weighted by atomic mass is 32.2. The summed E-state index contributed by atoms with van der Waals surface area (Å²) >= 11 is 1.73. The highest BCUT2D eigenvalue weighted by Crippen LogP contribution is 2.27. The van der Waals surface area contributed by atoms with E-state index >= 15 is 0 Å². The molecule has 1 heterocycles. The van der Waals surface area contributed by atoms with Crippen LogP contribution in [0.4, 0.5) is 0 Å². The highest BCUT2D eigenvalue weighted by Gasteiger charge is 2.19. The summed E-state index contributed by atoms with van der Waals surface area (Å²) in [6.07, 6.45) is 0. The van der Waals surface area contributed by atoms with Gasteiger partial charge < -0.3 is 9.84 Å². The van der Waals surface area contributed by atoms with Crippen molar-refractivity contribution in [3.8, 4) is 0 Å². The van der Waals surface area contributed by atoms with Gasteiger partial charge in [0.1, 0.15) is 0 Å². The maximum atomic E-state index is 10.6. The Morgan fingerprint density at radius 1 is 1.36 bits per heavy atom. The van der Waals surface area contributed by atoms with Crippen molar-refractivity contribution in [1.82, 2.24) is 0 Å². The van der Waals surface area contributed by atoms with Crippen LogP contribution in [0.2, 0.25) is 0 Å². The van der Waals surface area contributed by atoms with Crippen molar-refractivity contribution >= 4 is 17.7 Å². The van der Waals surface area contributed by atoms with Crippen molar-refractivity contribution in [2.24, 2.45) is 0 Å². The number of ether oxygens (including phenoxy) is 1. The molecule has 0 spiro atoms. The molecule has 1 saturated heterocycles. The van der Waals surface area contributed by atoms with Gasteiger partial charge in [0.25, 0.3) is 0 Å². The lowest BCUT2D eigenvalue weighted by Gasteiger charge is -2.25. The molecule has 0 amide bonds. The molecule has 74 valence electrons. The zero-order chi connectivity index (χ0) is 9.97. The maximum Gasteiger partial charge on any atom is 0.335 e. The molecule has 1 N–H and O–H groups in total. The smallest absolute Gasteiger partial charge is 0.335 e. The number of aromatic carboxylic acids is 1. The summed E-state index contributed by atoms with van der Waals surface area (Å²) in [7, 11) is 0. The molecule has 1 fully saturated rings. The van der Waals surface area contributed by atoms with Gasteiger partial charge in [-0.25, -0.2) is 4.79 Å². The van der Waals surface area contributed by atoms with Gasteiger partial charge in [-0.1, -0.05) is 0 Å². The van der Waals surface area contributed by atoms with E-state index in [9.17, 15) is 4.79 Å². The van der Waals surface area contributed by atoms with E-state index in [4.69, 9.17) is 9.84 Å². The number of thioether (sulfide) groups is 1. The maximum absolute atomic E-state index is 10.6. The number of hydrogen-bond acceptors (Lipinski definition) is 3. The topological polar surface area (TPSA) is 46.5 Å². The number of rotatable bonds is 3. The van der Waals surface area contributed by atoms with E-state index in [2.05, 4.69) is 0 Å². The lowest BCUT2D eigenvalue weighted by molar-refractivity contribution is 0.0455. The third-order valence-corrected chi connectivity index (χ3v) is 3.16. The Morgan fingerprint density at radius 2 is 2.00 bits per heavy atom. The van der Waals surface area contributed by atoms with Gasteiger partial charge in [0.05, 0.1) is 24.0 Å². The third kappa shape index (κ3) is 2.08. The van der Waals surface area contributed by atoms with Crippen molar-refractivity contribution in [2.75, 3.05) is 13.2 Å². The second-order valence-electron chi connectivity index (χ2n) is 3.11. The fourth-order valence-electron chi connectivity index (χ4n) is 1.15. The van der Waals surface area contributed by atoms with E-state index in [1.165, 1.54) is 0 Å². The Bertz CT molecular complexity index is 330. The van der Waals surface area contributed by atoms with E-state index in [0.29, 0.717) is 10.8 Å². The average Bonchev–Trinajstić information content (AvgIpc) is 2.12. The lowest BCUT2D eigenvalue weighted by Crippen LogP contribution is -2.29. The highest BCUT2D eigenvalue weighted by molar-refractivity contribution is 8.00. The zero-order valence-electron chi connectivity index (χ0n) is 7.47. The summed E-state index contributed by atoms with van der Waals surface area (Å²) < 4.78 is 5.05. The average molecular weight is 210 g/mol. The number of benzene rings is 1. The largest absolute Gasteiger partial charge is 0.478 e. The predicted molar refractivity (Wildman–Crippen MR) is 53.9 cm³/mol. The molecule has 0 aliphatic carbocycles. The molecule has 1 aromatic carbocycles. The van der Waals surface area contributed by atoms with Crippen LogP contribution < -0.4 is 0 Å². The van der Waals surface area contributed by atoms with Gasteiger partial charge in [0.15, 0.2) is 0 Å². The van der Waals surface area contributed by atoms with E-state index in [-0.39, 0.29) is 0 Å². The molecule has 2 rings (SSSR count). The van der Waals surface area contributed by atoms with Gasteiger partial charge in [-0.3, -0.25) is 0 Å². The van der Waals surface area contributed by atoms with Gasteiger partial charge in [-0.05, 0) is 24.3 Å². The zero-order valence-corrected chi connectivity index (χ0v) is 8.29. The first-order chi connectivity index (χ1) is 6.75. The van der Waals surface area contributed by atoms with Crippen LogP contribution in [0.25, 0.3) is 0 Å². The molecular weight excluding hydrogens is 200 g/mol. The third-order valence-electron chi connectivity index (χ3n) is 2.01. The normalized spacial score (nSPS) is 16.3. The minimum absolute atomic E-state index is 0.333. The van der Waals surface area contributed by atoms with E-state index in [0.717, 1.165) is 18.1 Å². The molecule has 1 aromatic rings. The summed E-state index contributed by atoms with van der Waals surface area (Å²) in [6, 6.07) is 6.94. The van der Waals surface area contributed by atoms with Gasteiger partial charge >= 0.3 is 5.97 Å². The Labute approximate surface area is 86.1 Å². The van der Waals surface area contributed by atoms with Crippen LogP contribution in [0.15, 0.2) is 29.2 Å². The van der Waals surface area contributed by atoms with E-state index in [1.807, 2.05) is 12.1 Å². The molecule has 0 saturated carbocycles. The second-order valence-corrected chi connectivity index (χ2v) is 4.48. The molecule has 14 heavy (non-hydrogen) atoms. The van der Waals surface area contributed by atoms with Crippen LogP contribution >= 0.6 is 11.8 Å². The van der Waals surface area contributed by atoms with Crippen LogP contribution in [0.1, 0.15) is 10.4 Å². The Hall–Kier alpha value is -1.00. The molecule has 0 aromatic heterocycles. The van der Waals surface area contributed by atoms with Crippen LogP contribution in [0.5, 0.6) is 0 Å². The second kappa shape index (κ2) is 4.02. The van der Waals surface area contributed by atoms with Crippen molar-refractivity contribution < 1.29 is 14.6 Å². The van der Waals surface area contributed by atoms with Gasteiger partial charge in [-0.2, -0.15) is 0 Å². The number of carboxylic acids is 1. The summed E-state index contributed by atoms with van der Waals surface area (Å²) in [5.74, 6) is -0.881. The van der Waals surface area contributed by atoms with Crippen LogP contribution in [0.3, 0.4) is 0 Å². The summed E-state index contributed by atoms with van der Waals surface area (Å²) in [6.45, 7) is 1.59. The summed E-state index contributed by atoms with van der Waals surface area (Å²) in [5, 5.41) is 9.22. The molecule has 1 aliphatic heterocycles. The first kappa shape index (κ1) is 9.55. The monoisotopic (exact) mass is 210 g/mol. The first-order valence-corrected chi connectivity index (χ1v) is 5.21. The van der Waals surface area contributed by atoms with Crippen molar-refractivity contribution in [2.45, 2.75) is 10.1 Å². The van der Waals surface area contributed by atoms with Crippen LogP contribution in [-0.4, -0.2) is 29.5 Å². The minimum atomic E-state index is -0.881. The number of carboxylic acid groups (broad SMARTS) is 1. The molecule has 0 unspecified atom stereocenters. The van der Waals surface area contributed by atoms with Gasteiger partial charge in [0, 0.05) is 4.90 Å². The van der Waals surface area contributed by atoms with Crippen molar-refractivity contribution in [3.63, 3.8) is 0 Å². The Kier molecular flexibility index (Phi) is 2.74. The fourth-order valence-corrected chi connectivity index (χ4v) is 2.16. The van der Waals surface area contributed by atoms with Crippen LogP contribution in [-0.2, 0) is 4.74 Å². The lowest BCUT2D eigenvalue weighted by atomic mass is 10.2. The van der Waals surface area contributed by atoms with E-state index < -0.39 is 5.97 Å². The number of carbonyl (C=O) groups is 1. The summed E-state index contributed by atoms with van der Waals surface area (Å²) in [5.41, 5.74) is 0.333. The molecule has 0 bridgehead atoms. The van der Waals surface area contributed by atoms with Gasteiger partial charge in [-0.15, -0.1) is 11.8 Å². The summed E-state index contributed by atoms with van der Waals surface area (Å²) in [4.78, 5) is 11.7. The van der Waals surface area contributed by atoms with Crippen molar-refractivity contribution in [3.05, 3.63) is 29.8 Å². The SMILES string of the molecule is O=C(O)c1ccc(SC2COC2)cc1. The predicted octanol–water partition coefficient (Wildman–Crippen LogP) is 1.88. The quantitative estimate of drug-likeness (QED) is 0.827. The van der Waals surface area contributed by atoms with E-state index in [1.54, 1.807) is 23.9 Å². The molecular formula is C10H10O3S. The standard InChI is InChI=1S/C10H10O3S/c11-10(12)7-1-3-8(4-2-7)14-9-5-13-6-9/h1-4,9H,5-6H2,(H,11,12). The Balaban J connectivity index is 2.01. The molecule has 4 heteroatoms. The molecule has 3 nitrogen and oxygen atoms in total. The van der Waals surface area contributed by atoms with Gasteiger partial charge in [0.2, 0.25) is 0 Å². The fraction of sp³-hybridized carbons (Fsp3) is 0.300. The molecule has 1 aliphatic rings.